The summed E-state index contributed by atoms with van der Waals surface area (Å²) < 4.78 is 14.2. The summed E-state index contributed by atoms with van der Waals surface area (Å²) in [6.07, 6.45) is -1.53. The molecule has 1 rings (SSSR count). The van der Waals surface area contributed by atoms with Crippen molar-refractivity contribution in [3.63, 3.8) is 0 Å². The third kappa shape index (κ3) is 4.18. The quantitative estimate of drug-likeness (QED) is 0.600. The summed E-state index contributed by atoms with van der Waals surface area (Å²) in [6, 6.07) is 0. The summed E-state index contributed by atoms with van der Waals surface area (Å²) in [7, 11) is 0. The predicted molar refractivity (Wildman–Crippen MR) is 57.7 cm³/mol. The lowest BCUT2D eigenvalue weighted by molar-refractivity contribution is -0.0331. The molecule has 0 amide bonds. The zero-order chi connectivity index (χ0) is 12.8. The van der Waals surface area contributed by atoms with Gasteiger partial charge in [0.2, 0.25) is 0 Å². The highest BCUT2D eigenvalue weighted by Crippen LogP contribution is 2.29. The lowest BCUT2D eigenvalue weighted by Crippen LogP contribution is -2.30. The smallest absolute Gasteiger partial charge is 0.450 e. The van der Waals surface area contributed by atoms with Gasteiger partial charge in [0.15, 0.2) is 0 Å². The van der Waals surface area contributed by atoms with Crippen molar-refractivity contribution in [1.82, 2.24) is 0 Å². The molecule has 1 fully saturated rings. The van der Waals surface area contributed by atoms with Crippen LogP contribution in [0, 0.1) is 0 Å². The number of ether oxygens (including phenoxy) is 3. The highest BCUT2D eigenvalue weighted by molar-refractivity contribution is 5.61. The maximum Gasteiger partial charge on any atom is 0.509 e. The first kappa shape index (κ1) is 13.1. The number of hydrogen-bond donors (Lipinski definition) is 1. The van der Waals surface area contributed by atoms with E-state index in [2.05, 4.69) is 22.6 Å². The Labute approximate surface area is 98.5 Å². The van der Waals surface area contributed by atoms with Gasteiger partial charge < -0.3 is 19.3 Å². The van der Waals surface area contributed by atoms with E-state index in [-0.39, 0.29) is 6.61 Å². The van der Waals surface area contributed by atoms with Crippen LogP contribution in [-0.4, -0.2) is 36.2 Å². The minimum Gasteiger partial charge on any atom is -0.450 e. The Morgan fingerprint density at radius 1 is 1.35 bits per heavy atom. The minimum absolute atomic E-state index is 0.0386. The second-order valence-electron chi connectivity index (χ2n) is 3.59. The van der Waals surface area contributed by atoms with Gasteiger partial charge in [0.25, 0.3) is 0 Å². The Balaban J connectivity index is 2.49. The molecular formula is C11H14O6. The van der Waals surface area contributed by atoms with Crippen molar-refractivity contribution in [2.24, 2.45) is 0 Å². The normalized spacial score (nSPS) is 22.9. The molecule has 0 unspecified atom stereocenters. The number of carbonyl (C=O) groups excluding carboxylic acids is 1. The molecule has 1 saturated carbocycles. The summed E-state index contributed by atoms with van der Waals surface area (Å²) in [5, 5.41) is 8.52. The zero-order valence-corrected chi connectivity index (χ0v) is 9.26. The van der Waals surface area contributed by atoms with Crippen LogP contribution in [0.1, 0.15) is 12.8 Å². The highest BCUT2D eigenvalue weighted by atomic mass is 16.7. The van der Waals surface area contributed by atoms with Crippen molar-refractivity contribution in [3.05, 3.63) is 24.8 Å². The topological polar surface area (TPSA) is 82.1 Å². The van der Waals surface area contributed by atoms with Crippen molar-refractivity contribution in [2.75, 3.05) is 6.61 Å². The molecule has 0 saturated heterocycles. The number of carboxylic acid groups (broad SMARTS) is 1. The second kappa shape index (κ2) is 5.93. The molecule has 0 spiro atoms. The van der Waals surface area contributed by atoms with E-state index in [1.54, 1.807) is 0 Å². The molecule has 17 heavy (non-hydrogen) atoms. The average Bonchev–Trinajstić information content (AvgIpc) is 2.55. The van der Waals surface area contributed by atoms with Crippen LogP contribution < -0.4 is 0 Å². The molecule has 6 nitrogen and oxygen atoms in total. The molecule has 1 aliphatic carbocycles. The molecule has 6 heteroatoms. The average molecular weight is 242 g/mol. The molecule has 0 bridgehead atoms. The molecule has 1 aliphatic rings. The Morgan fingerprint density at radius 2 is 1.94 bits per heavy atom. The van der Waals surface area contributed by atoms with Crippen LogP contribution in [0.15, 0.2) is 24.8 Å². The van der Waals surface area contributed by atoms with Crippen LogP contribution in [0.4, 0.5) is 9.59 Å². The third-order valence-corrected chi connectivity index (χ3v) is 2.21. The summed E-state index contributed by atoms with van der Waals surface area (Å²) in [6.45, 7) is 7.13. The van der Waals surface area contributed by atoms with Crippen LogP contribution in [0.3, 0.4) is 0 Å². The third-order valence-electron chi connectivity index (χ3n) is 2.21. The highest BCUT2D eigenvalue weighted by Gasteiger charge is 2.36. The van der Waals surface area contributed by atoms with Gasteiger partial charge in [-0.1, -0.05) is 24.8 Å². The predicted octanol–water partition coefficient (Wildman–Crippen LogP) is 2.11. The van der Waals surface area contributed by atoms with E-state index >= 15 is 0 Å². The molecule has 2 atom stereocenters. The summed E-state index contributed by atoms with van der Waals surface area (Å²) >= 11 is 0. The van der Waals surface area contributed by atoms with Crippen LogP contribution in [0.5, 0.6) is 0 Å². The van der Waals surface area contributed by atoms with E-state index in [1.807, 2.05) is 0 Å². The van der Waals surface area contributed by atoms with Crippen LogP contribution in [-0.2, 0) is 14.2 Å². The second-order valence-corrected chi connectivity index (χ2v) is 3.59. The van der Waals surface area contributed by atoms with E-state index in [9.17, 15) is 9.59 Å². The van der Waals surface area contributed by atoms with E-state index in [4.69, 9.17) is 9.84 Å². The van der Waals surface area contributed by atoms with E-state index in [0.717, 1.165) is 5.57 Å². The fourth-order valence-electron chi connectivity index (χ4n) is 1.56. The van der Waals surface area contributed by atoms with Gasteiger partial charge in [0.05, 0.1) is 0 Å². The molecule has 0 aromatic carbocycles. The van der Waals surface area contributed by atoms with Crippen molar-refractivity contribution >= 4 is 12.3 Å². The first-order valence-electron chi connectivity index (χ1n) is 5.03. The lowest BCUT2D eigenvalue weighted by Gasteiger charge is -2.17. The van der Waals surface area contributed by atoms with Crippen molar-refractivity contribution in [1.29, 1.82) is 0 Å². The van der Waals surface area contributed by atoms with Gasteiger partial charge in [-0.25, -0.2) is 9.59 Å². The summed E-state index contributed by atoms with van der Waals surface area (Å²) in [5.41, 5.74) is 0.776. The summed E-state index contributed by atoms with van der Waals surface area (Å²) in [4.78, 5) is 21.6. The minimum atomic E-state index is -1.40. The van der Waals surface area contributed by atoms with Crippen LogP contribution in [0.25, 0.3) is 0 Å². The van der Waals surface area contributed by atoms with Gasteiger partial charge in [-0.2, -0.15) is 0 Å². The molecule has 0 aliphatic heterocycles. The molecular weight excluding hydrogens is 228 g/mol. The van der Waals surface area contributed by atoms with Crippen molar-refractivity contribution in [2.45, 2.75) is 25.0 Å². The van der Waals surface area contributed by atoms with E-state index < -0.39 is 24.5 Å². The monoisotopic (exact) mass is 242 g/mol. The molecule has 0 heterocycles. The zero-order valence-electron chi connectivity index (χ0n) is 9.26. The molecule has 94 valence electrons. The van der Waals surface area contributed by atoms with Gasteiger partial charge in [0, 0.05) is 12.8 Å². The fraction of sp³-hybridized carbons (Fsp3) is 0.455. The van der Waals surface area contributed by atoms with Crippen LogP contribution in [0.2, 0.25) is 0 Å². The Hall–Kier alpha value is -1.98. The van der Waals surface area contributed by atoms with Crippen molar-refractivity contribution < 1.29 is 28.9 Å². The molecule has 0 aromatic heterocycles. The number of hydrogen-bond acceptors (Lipinski definition) is 5. The van der Waals surface area contributed by atoms with Crippen LogP contribution >= 0.6 is 0 Å². The first-order valence-corrected chi connectivity index (χ1v) is 5.03. The Kier molecular flexibility index (Phi) is 4.56. The molecule has 0 radical (unpaired) electrons. The Morgan fingerprint density at radius 3 is 2.47 bits per heavy atom. The largest absolute Gasteiger partial charge is 0.509 e. The first-order chi connectivity index (χ1) is 8.02. The maximum absolute atomic E-state index is 11.2. The number of carbonyl (C=O) groups is 2. The van der Waals surface area contributed by atoms with Gasteiger partial charge in [-0.05, 0) is 0 Å². The van der Waals surface area contributed by atoms with Crippen molar-refractivity contribution in [3.8, 4) is 0 Å². The van der Waals surface area contributed by atoms with Gasteiger partial charge >= 0.3 is 12.3 Å². The summed E-state index contributed by atoms with van der Waals surface area (Å²) in [5.74, 6) is 0. The standard InChI is InChI=1S/C11H14O6/c1-3-4-15-11(14)17-9-6-7(2)5-8(9)16-10(12)13/h3,8-9H,1-2,4-6H2,(H,12,13)/t8-,9+/m0/s1. The molecule has 0 aromatic rings. The van der Waals surface area contributed by atoms with E-state index in [1.165, 1.54) is 6.08 Å². The maximum atomic E-state index is 11.2. The van der Waals surface area contributed by atoms with E-state index in [0.29, 0.717) is 12.8 Å². The lowest BCUT2D eigenvalue weighted by atomic mass is 10.2. The van der Waals surface area contributed by atoms with Gasteiger partial charge in [-0.3, -0.25) is 0 Å². The SMILES string of the molecule is C=CCOC(=O)O[C@@H]1CC(=C)C[C@@H]1OC(=O)O. The number of rotatable bonds is 4. The Bertz CT molecular complexity index is 335. The van der Waals surface area contributed by atoms with Gasteiger partial charge in [0.1, 0.15) is 18.8 Å². The van der Waals surface area contributed by atoms with Gasteiger partial charge in [-0.15, -0.1) is 0 Å². The fourth-order valence-corrected chi connectivity index (χ4v) is 1.56. The molecule has 1 N–H and O–H groups in total.